The van der Waals surface area contributed by atoms with Crippen LogP contribution in [0.25, 0.3) is 0 Å². The zero-order chi connectivity index (χ0) is 12.8. The lowest BCUT2D eigenvalue weighted by molar-refractivity contribution is -0.141. The van der Waals surface area contributed by atoms with E-state index in [9.17, 15) is 4.79 Å². The van der Waals surface area contributed by atoms with E-state index < -0.39 is 6.04 Å². The van der Waals surface area contributed by atoms with Crippen molar-refractivity contribution in [2.45, 2.75) is 19.9 Å². The Morgan fingerprint density at radius 1 is 1.65 bits per heavy atom. The number of carbonyl (C=O) groups is 1. The van der Waals surface area contributed by atoms with Crippen molar-refractivity contribution in [1.29, 1.82) is 0 Å². The summed E-state index contributed by atoms with van der Waals surface area (Å²) in [6.45, 7) is 4.39. The Balaban J connectivity index is 2.82. The number of anilines is 2. The van der Waals surface area contributed by atoms with Gasteiger partial charge in [0.1, 0.15) is 11.9 Å². The van der Waals surface area contributed by atoms with Crippen LogP contribution < -0.4 is 10.6 Å². The second-order valence-electron chi connectivity index (χ2n) is 3.31. The van der Waals surface area contributed by atoms with Gasteiger partial charge in [0, 0.05) is 12.7 Å². The first-order valence-electron chi connectivity index (χ1n) is 5.19. The minimum Gasteiger partial charge on any atom is -0.467 e. The number of nitrogens with one attached hydrogen (secondary N) is 2. The topological polar surface area (TPSA) is 76.1 Å². The Labute approximate surface area is 108 Å². The summed E-state index contributed by atoms with van der Waals surface area (Å²) in [5.74, 6) is 0.713. The molecule has 1 rings (SSSR count). The minimum absolute atomic E-state index is 0.347. The first-order chi connectivity index (χ1) is 8.08. The van der Waals surface area contributed by atoms with E-state index in [2.05, 4.69) is 41.3 Å². The molecule has 0 aliphatic rings. The van der Waals surface area contributed by atoms with Crippen molar-refractivity contribution >= 4 is 33.7 Å². The first kappa shape index (κ1) is 13.7. The molecular weight excluding hydrogens is 288 g/mol. The number of ether oxygens (including phenoxy) is 1. The lowest BCUT2D eigenvalue weighted by Crippen LogP contribution is -2.28. The van der Waals surface area contributed by atoms with E-state index in [1.165, 1.54) is 7.11 Å². The van der Waals surface area contributed by atoms with Crippen LogP contribution in [0.2, 0.25) is 0 Å². The van der Waals surface area contributed by atoms with Crippen molar-refractivity contribution in [3.8, 4) is 0 Å². The van der Waals surface area contributed by atoms with Crippen molar-refractivity contribution in [3.05, 3.63) is 10.7 Å². The summed E-state index contributed by atoms with van der Waals surface area (Å²) in [6.07, 6.45) is 1.62. The average Bonchev–Trinajstić information content (AvgIpc) is 2.32. The smallest absolute Gasteiger partial charge is 0.328 e. The highest BCUT2D eigenvalue weighted by molar-refractivity contribution is 9.10. The van der Waals surface area contributed by atoms with Gasteiger partial charge in [0.2, 0.25) is 5.95 Å². The molecule has 0 amide bonds. The van der Waals surface area contributed by atoms with E-state index >= 15 is 0 Å². The molecule has 0 saturated carbocycles. The van der Waals surface area contributed by atoms with Gasteiger partial charge >= 0.3 is 5.97 Å². The Kier molecular flexibility index (Phi) is 5.14. The Morgan fingerprint density at radius 3 is 2.94 bits per heavy atom. The SMILES string of the molecule is CCNc1ncc(Br)c(NC(C)C(=O)OC)n1. The molecule has 0 aromatic carbocycles. The number of aromatic nitrogens is 2. The summed E-state index contributed by atoms with van der Waals surface area (Å²) in [4.78, 5) is 19.6. The molecule has 2 N–H and O–H groups in total. The van der Waals surface area contributed by atoms with Gasteiger partial charge in [-0.3, -0.25) is 0 Å². The molecule has 0 bridgehead atoms. The highest BCUT2D eigenvalue weighted by Gasteiger charge is 2.15. The summed E-state index contributed by atoms with van der Waals surface area (Å²) >= 11 is 3.31. The van der Waals surface area contributed by atoms with Gasteiger partial charge in [0.25, 0.3) is 0 Å². The summed E-state index contributed by atoms with van der Waals surface area (Å²) in [5, 5.41) is 5.94. The molecule has 0 aliphatic carbocycles. The van der Waals surface area contributed by atoms with Crippen molar-refractivity contribution in [3.63, 3.8) is 0 Å². The second kappa shape index (κ2) is 6.39. The number of methoxy groups -OCH3 is 1. The molecule has 1 aromatic heterocycles. The number of halogens is 1. The van der Waals surface area contributed by atoms with Gasteiger partial charge in [-0.25, -0.2) is 9.78 Å². The van der Waals surface area contributed by atoms with Gasteiger partial charge < -0.3 is 15.4 Å². The summed E-state index contributed by atoms with van der Waals surface area (Å²) in [5.41, 5.74) is 0. The molecule has 0 aliphatic heterocycles. The van der Waals surface area contributed by atoms with E-state index in [-0.39, 0.29) is 5.97 Å². The molecule has 7 heteroatoms. The zero-order valence-electron chi connectivity index (χ0n) is 9.95. The summed E-state index contributed by atoms with van der Waals surface area (Å²) < 4.78 is 5.32. The number of carbonyl (C=O) groups excluding carboxylic acids is 1. The van der Waals surface area contributed by atoms with Crippen LogP contribution in [0.15, 0.2) is 10.7 Å². The molecule has 0 fully saturated rings. The van der Waals surface area contributed by atoms with Gasteiger partial charge in [-0.1, -0.05) is 0 Å². The monoisotopic (exact) mass is 302 g/mol. The van der Waals surface area contributed by atoms with Crippen LogP contribution in [0.4, 0.5) is 11.8 Å². The third kappa shape index (κ3) is 3.85. The predicted molar refractivity (Wildman–Crippen MR) is 69.0 cm³/mol. The molecule has 1 heterocycles. The molecule has 0 spiro atoms. The number of rotatable bonds is 5. The summed E-state index contributed by atoms with van der Waals surface area (Å²) in [6, 6.07) is -0.472. The molecule has 6 nitrogen and oxygen atoms in total. The van der Waals surface area contributed by atoms with Gasteiger partial charge in [-0.05, 0) is 29.8 Å². The Morgan fingerprint density at radius 2 is 2.35 bits per heavy atom. The third-order valence-corrected chi connectivity index (χ3v) is 2.57. The van der Waals surface area contributed by atoms with Crippen LogP contribution in [0.5, 0.6) is 0 Å². The predicted octanol–water partition coefficient (Wildman–Crippen LogP) is 1.64. The third-order valence-electron chi connectivity index (χ3n) is 1.99. The molecule has 1 atom stereocenters. The molecule has 94 valence electrons. The van der Waals surface area contributed by atoms with Crippen molar-refractivity contribution < 1.29 is 9.53 Å². The van der Waals surface area contributed by atoms with Crippen LogP contribution in [0, 0.1) is 0 Å². The fourth-order valence-electron chi connectivity index (χ4n) is 1.15. The quantitative estimate of drug-likeness (QED) is 0.806. The van der Waals surface area contributed by atoms with Crippen molar-refractivity contribution in [1.82, 2.24) is 9.97 Å². The zero-order valence-corrected chi connectivity index (χ0v) is 11.5. The van der Waals surface area contributed by atoms with Gasteiger partial charge in [0.05, 0.1) is 11.6 Å². The van der Waals surface area contributed by atoms with Crippen LogP contribution in [-0.4, -0.2) is 35.6 Å². The van der Waals surface area contributed by atoms with Crippen LogP contribution in [-0.2, 0) is 9.53 Å². The standard InChI is InChI=1S/C10H15BrN4O2/c1-4-12-10-13-5-7(11)8(15-10)14-6(2)9(16)17-3/h5-6H,4H2,1-3H3,(H2,12,13,14,15). The molecule has 17 heavy (non-hydrogen) atoms. The van der Waals surface area contributed by atoms with Crippen LogP contribution in [0.3, 0.4) is 0 Å². The molecule has 0 radical (unpaired) electrons. The van der Waals surface area contributed by atoms with Gasteiger partial charge in [0.15, 0.2) is 0 Å². The molecule has 1 aromatic rings. The Hall–Kier alpha value is -1.37. The fourth-order valence-corrected chi connectivity index (χ4v) is 1.46. The number of nitrogens with zero attached hydrogens (tertiary/aromatic N) is 2. The van der Waals surface area contributed by atoms with E-state index in [0.29, 0.717) is 16.2 Å². The maximum Gasteiger partial charge on any atom is 0.328 e. The highest BCUT2D eigenvalue weighted by atomic mass is 79.9. The largest absolute Gasteiger partial charge is 0.467 e. The fraction of sp³-hybridized carbons (Fsp3) is 0.500. The molecular formula is C10H15BrN4O2. The summed E-state index contributed by atoms with van der Waals surface area (Å²) in [7, 11) is 1.35. The maximum absolute atomic E-state index is 11.3. The second-order valence-corrected chi connectivity index (χ2v) is 4.16. The van der Waals surface area contributed by atoms with E-state index in [1.807, 2.05) is 6.92 Å². The van der Waals surface area contributed by atoms with Gasteiger partial charge in [-0.2, -0.15) is 4.98 Å². The Bertz CT molecular complexity index is 400. The normalized spacial score (nSPS) is 11.8. The average molecular weight is 303 g/mol. The maximum atomic E-state index is 11.3. The van der Waals surface area contributed by atoms with E-state index in [1.54, 1.807) is 13.1 Å². The minimum atomic E-state index is -0.472. The van der Waals surface area contributed by atoms with E-state index in [4.69, 9.17) is 0 Å². The van der Waals surface area contributed by atoms with E-state index in [0.717, 1.165) is 6.54 Å². The number of hydrogen-bond donors (Lipinski definition) is 2. The molecule has 0 saturated heterocycles. The lowest BCUT2D eigenvalue weighted by atomic mass is 10.3. The van der Waals surface area contributed by atoms with Crippen LogP contribution >= 0.6 is 15.9 Å². The lowest BCUT2D eigenvalue weighted by Gasteiger charge is -2.14. The number of hydrogen-bond acceptors (Lipinski definition) is 6. The number of esters is 1. The highest BCUT2D eigenvalue weighted by Crippen LogP contribution is 2.20. The van der Waals surface area contributed by atoms with Crippen LogP contribution in [0.1, 0.15) is 13.8 Å². The molecule has 1 unspecified atom stereocenters. The van der Waals surface area contributed by atoms with Crippen molar-refractivity contribution in [2.75, 3.05) is 24.3 Å². The van der Waals surface area contributed by atoms with Gasteiger partial charge in [-0.15, -0.1) is 0 Å². The first-order valence-corrected chi connectivity index (χ1v) is 5.98. The van der Waals surface area contributed by atoms with Crippen molar-refractivity contribution in [2.24, 2.45) is 0 Å².